The van der Waals surface area contributed by atoms with Gasteiger partial charge in [-0.05, 0) is 43.0 Å². The summed E-state index contributed by atoms with van der Waals surface area (Å²) in [7, 11) is 1.34. The largest absolute Gasteiger partial charge is 0.469 e. The van der Waals surface area contributed by atoms with E-state index >= 15 is 0 Å². The second-order valence-corrected chi connectivity index (χ2v) is 12.2. The van der Waals surface area contributed by atoms with E-state index in [0.717, 1.165) is 0 Å². The molecule has 2 saturated heterocycles. The molecule has 0 radical (unpaired) electrons. The molecular weight excluding hydrogens is 524 g/mol. The molecule has 38 heavy (non-hydrogen) atoms. The molecule has 2 amide bonds. The molecule has 5 rings (SSSR count). The third kappa shape index (κ3) is 4.42. The van der Waals surface area contributed by atoms with Crippen LogP contribution >= 0.6 is 23.5 Å². The predicted octanol–water partition coefficient (Wildman–Crippen LogP) is 2.46. The number of rotatable bonds is 8. The number of amides is 2. The van der Waals surface area contributed by atoms with E-state index in [1.807, 2.05) is 6.07 Å². The van der Waals surface area contributed by atoms with Gasteiger partial charge in [0, 0.05) is 34.3 Å². The molecule has 200 valence electrons. The van der Waals surface area contributed by atoms with Crippen LogP contribution < -0.4 is 10.6 Å². The molecule has 2 aliphatic heterocycles. The number of thioether (sulfide) groups is 2. The zero-order valence-corrected chi connectivity index (χ0v) is 22.6. The second kappa shape index (κ2) is 10.7. The summed E-state index contributed by atoms with van der Waals surface area (Å²) in [5, 5.41) is 17.7. The van der Waals surface area contributed by atoms with Crippen molar-refractivity contribution in [3.8, 4) is 0 Å². The number of methoxy groups -OCH3 is 1. The first-order chi connectivity index (χ1) is 18.3. The van der Waals surface area contributed by atoms with Crippen LogP contribution in [0.4, 0.5) is 0 Å². The number of ether oxygens (including phenoxy) is 1. The molecule has 8 nitrogen and oxygen atoms in total. The van der Waals surface area contributed by atoms with Crippen molar-refractivity contribution in [1.29, 1.82) is 0 Å². The first kappa shape index (κ1) is 26.8. The quantitative estimate of drug-likeness (QED) is 0.426. The van der Waals surface area contributed by atoms with E-state index in [1.165, 1.54) is 30.6 Å². The number of ketones is 1. The fourth-order valence-electron chi connectivity index (χ4n) is 5.96. The summed E-state index contributed by atoms with van der Waals surface area (Å²) in [5.74, 6) is -0.976. The van der Waals surface area contributed by atoms with Crippen LogP contribution in [-0.4, -0.2) is 75.0 Å². The topological polar surface area (TPSA) is 122 Å². The lowest BCUT2D eigenvalue weighted by Gasteiger charge is -2.52. The molecule has 1 saturated carbocycles. The van der Waals surface area contributed by atoms with Crippen LogP contribution in [0.1, 0.15) is 40.0 Å². The molecule has 2 bridgehead atoms. The Balaban J connectivity index is 1.49. The van der Waals surface area contributed by atoms with Crippen molar-refractivity contribution in [3.63, 3.8) is 0 Å². The Kier molecular flexibility index (Phi) is 7.57. The summed E-state index contributed by atoms with van der Waals surface area (Å²) in [6.07, 6.45) is 1.28. The van der Waals surface area contributed by atoms with E-state index in [2.05, 4.69) is 10.6 Å². The standard InChI is InChI=1S/C28H30N2O6S2/c1-36-21(31)14-8-13-19-22-23(32)27(16-38-22,30-26(34)18-11-6-3-7-12-18)28(35)20(15-37-24(19)28)29-25(33)17-9-4-2-5-10-17/h2-7,9-12,19-20,22,24,35H,8,13-16H2,1H3,(H,29,33)(H,30,34)/t19-,20-,22+,24+,27-,28-/m1/s1. The van der Waals surface area contributed by atoms with Crippen LogP contribution in [0.15, 0.2) is 60.7 Å². The number of Topliss-reactive ketones (excluding diaryl/α,β-unsaturated/α-hetero) is 1. The summed E-state index contributed by atoms with van der Waals surface area (Å²) in [6, 6.07) is 16.5. The van der Waals surface area contributed by atoms with E-state index in [0.29, 0.717) is 29.7 Å². The Morgan fingerprint density at radius 3 is 2.26 bits per heavy atom. The Morgan fingerprint density at radius 1 is 1.00 bits per heavy atom. The highest BCUT2D eigenvalue weighted by atomic mass is 32.2. The number of hydrogen-bond donors (Lipinski definition) is 3. The molecular formula is C28H30N2O6S2. The highest BCUT2D eigenvalue weighted by Crippen LogP contribution is 2.59. The number of fused-ring (bicyclic) bond motifs is 4. The van der Waals surface area contributed by atoms with Gasteiger partial charge in [0.15, 0.2) is 5.78 Å². The molecule has 3 fully saturated rings. The molecule has 2 heterocycles. The van der Waals surface area contributed by atoms with Crippen molar-refractivity contribution in [3.05, 3.63) is 71.8 Å². The highest BCUT2D eigenvalue weighted by molar-refractivity contribution is 8.02. The van der Waals surface area contributed by atoms with Crippen molar-refractivity contribution in [2.45, 2.75) is 46.9 Å². The van der Waals surface area contributed by atoms with Crippen molar-refractivity contribution in [2.24, 2.45) is 5.92 Å². The lowest BCUT2D eigenvalue weighted by molar-refractivity contribution is -0.145. The normalized spacial score (nSPS) is 31.4. The highest BCUT2D eigenvalue weighted by Gasteiger charge is 2.75. The van der Waals surface area contributed by atoms with Crippen LogP contribution in [0.2, 0.25) is 0 Å². The van der Waals surface area contributed by atoms with Gasteiger partial charge < -0.3 is 20.5 Å². The summed E-state index contributed by atoms with van der Waals surface area (Å²) in [6.45, 7) is 0. The summed E-state index contributed by atoms with van der Waals surface area (Å²) in [4.78, 5) is 52.3. The molecule has 3 aliphatic rings. The zero-order valence-electron chi connectivity index (χ0n) is 20.9. The van der Waals surface area contributed by atoms with Crippen molar-refractivity contribution in [2.75, 3.05) is 18.6 Å². The maximum absolute atomic E-state index is 14.1. The first-order valence-electron chi connectivity index (χ1n) is 12.6. The number of esters is 1. The van der Waals surface area contributed by atoms with Crippen molar-refractivity contribution in [1.82, 2.24) is 10.6 Å². The minimum absolute atomic E-state index is 0.202. The van der Waals surface area contributed by atoms with Gasteiger partial charge >= 0.3 is 5.97 Å². The molecule has 10 heteroatoms. The maximum atomic E-state index is 14.1. The van der Waals surface area contributed by atoms with Gasteiger partial charge in [0.05, 0.1) is 18.4 Å². The molecule has 1 aliphatic carbocycles. The Labute approximate surface area is 229 Å². The maximum Gasteiger partial charge on any atom is 0.305 e. The number of benzene rings is 2. The first-order valence-corrected chi connectivity index (χ1v) is 14.7. The number of carbonyl (C=O) groups is 4. The zero-order chi connectivity index (χ0) is 26.9. The minimum atomic E-state index is -1.72. The van der Waals surface area contributed by atoms with Gasteiger partial charge in [0.1, 0.15) is 11.1 Å². The van der Waals surface area contributed by atoms with Gasteiger partial charge in [-0.1, -0.05) is 36.4 Å². The average molecular weight is 555 g/mol. The van der Waals surface area contributed by atoms with E-state index in [9.17, 15) is 24.3 Å². The third-order valence-electron chi connectivity index (χ3n) is 7.88. The second-order valence-electron chi connectivity index (χ2n) is 9.92. The van der Waals surface area contributed by atoms with Gasteiger partial charge in [-0.15, -0.1) is 11.8 Å². The van der Waals surface area contributed by atoms with Gasteiger partial charge in [-0.25, -0.2) is 0 Å². The fourth-order valence-corrected chi connectivity index (χ4v) is 9.72. The van der Waals surface area contributed by atoms with Gasteiger partial charge in [0.2, 0.25) is 0 Å². The van der Waals surface area contributed by atoms with E-state index in [4.69, 9.17) is 4.74 Å². The van der Waals surface area contributed by atoms with Crippen molar-refractivity contribution < 1.29 is 29.0 Å². The smallest absolute Gasteiger partial charge is 0.305 e. The number of aliphatic hydroxyl groups is 1. The van der Waals surface area contributed by atoms with Crippen LogP contribution in [0, 0.1) is 5.92 Å². The fraction of sp³-hybridized carbons (Fsp3) is 0.429. The molecule has 0 aromatic heterocycles. The SMILES string of the molecule is COC(=O)CCC[C@@H]1[C@@H]2SC[C@@](NC(=O)c3ccccc3)(C2=O)[C@@]2(O)[C@H](NC(=O)c3ccccc3)CS[C@@H]12. The summed E-state index contributed by atoms with van der Waals surface area (Å²) < 4.78 is 4.77. The van der Waals surface area contributed by atoms with Gasteiger partial charge in [0.25, 0.3) is 11.8 Å². The predicted molar refractivity (Wildman–Crippen MR) is 146 cm³/mol. The summed E-state index contributed by atoms with van der Waals surface area (Å²) in [5.41, 5.74) is -2.45. The average Bonchev–Trinajstić information content (AvgIpc) is 3.42. The van der Waals surface area contributed by atoms with Gasteiger partial charge in [-0.3, -0.25) is 19.2 Å². The molecule has 0 unspecified atom stereocenters. The Morgan fingerprint density at radius 2 is 1.63 bits per heavy atom. The van der Waals surface area contributed by atoms with E-state index < -0.39 is 33.6 Å². The lowest BCUT2D eigenvalue weighted by atomic mass is 9.61. The molecule has 2 aromatic rings. The van der Waals surface area contributed by atoms with E-state index in [-0.39, 0.29) is 35.8 Å². The number of nitrogens with one attached hydrogen (secondary N) is 2. The summed E-state index contributed by atoms with van der Waals surface area (Å²) >= 11 is 2.95. The Hall–Kier alpha value is -2.82. The number of carbonyl (C=O) groups excluding carboxylic acids is 4. The Bertz CT molecular complexity index is 1230. The molecule has 0 spiro atoms. The van der Waals surface area contributed by atoms with Crippen LogP contribution in [0.25, 0.3) is 0 Å². The van der Waals surface area contributed by atoms with Crippen LogP contribution in [0.3, 0.4) is 0 Å². The van der Waals surface area contributed by atoms with Crippen molar-refractivity contribution >= 4 is 47.1 Å². The van der Waals surface area contributed by atoms with Crippen LogP contribution in [-0.2, 0) is 14.3 Å². The monoisotopic (exact) mass is 554 g/mol. The lowest BCUT2D eigenvalue weighted by Crippen LogP contribution is -2.80. The van der Waals surface area contributed by atoms with Gasteiger partial charge in [-0.2, -0.15) is 11.8 Å². The third-order valence-corrected chi connectivity index (χ3v) is 11.0. The molecule has 6 atom stereocenters. The number of hydrogen-bond acceptors (Lipinski definition) is 8. The molecule has 2 aromatic carbocycles. The molecule has 3 N–H and O–H groups in total. The van der Waals surface area contributed by atoms with E-state index in [1.54, 1.807) is 54.6 Å². The van der Waals surface area contributed by atoms with Crippen LogP contribution in [0.5, 0.6) is 0 Å². The minimum Gasteiger partial charge on any atom is -0.469 e.